The number of methoxy groups -OCH3 is 1. The van der Waals surface area contributed by atoms with Gasteiger partial charge in [0.15, 0.2) is 35.2 Å². The molecular weight excluding hydrogens is 1140 g/mol. The lowest BCUT2D eigenvalue weighted by atomic mass is 9.39. The van der Waals surface area contributed by atoms with E-state index in [1.54, 1.807) is 0 Å². The number of esters is 5. The largest absolute Gasteiger partial charge is 0.467 e. The molecule has 3 aromatic heterocycles. The molecule has 88 heavy (non-hydrogen) atoms. The van der Waals surface area contributed by atoms with Crippen LogP contribution in [-0.2, 0) is 84.8 Å². The van der Waals surface area contributed by atoms with E-state index in [9.17, 15) is 28.8 Å². The molecule has 4 saturated carbocycles. The minimum absolute atomic E-state index is 0.0707. The Morgan fingerprint density at radius 2 is 1.47 bits per heavy atom. The number of pyridine rings is 1. The lowest BCUT2D eigenvalue weighted by Gasteiger charge is -2.69. The second-order valence-electron chi connectivity index (χ2n) is 26.7. The van der Waals surface area contributed by atoms with E-state index in [0.29, 0.717) is 67.8 Å². The van der Waals surface area contributed by atoms with Crippen LogP contribution in [0.25, 0.3) is 21.3 Å². The van der Waals surface area contributed by atoms with E-state index in [1.165, 1.54) is 32.3 Å². The summed E-state index contributed by atoms with van der Waals surface area (Å²) in [6.07, 6.45) is 2.51. The lowest BCUT2D eigenvalue weighted by molar-refractivity contribution is -0.248. The number of ether oxygens (including phenoxy) is 7. The van der Waals surface area contributed by atoms with Crippen LogP contribution in [-0.4, -0.2) is 124 Å². The normalized spacial score (nSPS) is 26.2. The maximum Gasteiger partial charge on any atom is 0.358 e. The Morgan fingerprint density at radius 3 is 2.16 bits per heavy atom. The first kappa shape index (κ1) is 62.0. The van der Waals surface area contributed by atoms with Crippen LogP contribution in [0.1, 0.15) is 143 Å². The molecule has 6 aromatic rings. The Kier molecular flexibility index (Phi) is 17.2. The minimum Gasteiger partial charge on any atom is -0.467 e. The number of nitrogens with one attached hydrogen (secondary N) is 2. The van der Waals surface area contributed by atoms with E-state index in [2.05, 4.69) is 52.0 Å². The molecule has 5 fully saturated rings. The Labute approximate surface area is 516 Å². The average molecular weight is 1220 g/mol. The SMILES string of the molecule is COC(=O)[C@@H]1OC(Cc2ccc(CNCCOC34CC5(C)CC(C)(CC(Cn6ncc(-c7ccc(N8CCc9cccc(C(=O)Nc%10nc%11ccccc%11s%10)c9C8)nc7C(=O)OC(C)(C)C)c6C)(C5)C3)C4)cc2)[C@@H](OC(C)=O)[C@H](OC(C)=O)[C@H]1OC(C)=O. The fraction of sp³-hybridized carbons (Fsp3) is 0.507. The number of thiazole rings is 1. The van der Waals surface area contributed by atoms with Gasteiger partial charge in [-0.25, -0.2) is 19.6 Å². The van der Waals surface area contributed by atoms with Crippen molar-refractivity contribution < 1.29 is 61.9 Å². The van der Waals surface area contributed by atoms with E-state index in [-0.39, 0.29) is 39.9 Å². The lowest BCUT2D eigenvalue weighted by Crippen LogP contribution is -2.64. The second kappa shape index (κ2) is 24.4. The average Bonchev–Trinajstić information content (AvgIpc) is 0.806. The highest BCUT2D eigenvalue weighted by atomic mass is 32.1. The van der Waals surface area contributed by atoms with Gasteiger partial charge in [-0.05, 0) is 141 Å². The topological polar surface area (TPSA) is 238 Å². The van der Waals surface area contributed by atoms with E-state index >= 15 is 0 Å². The highest BCUT2D eigenvalue weighted by Gasteiger charge is 2.66. The van der Waals surface area contributed by atoms with E-state index < -0.39 is 66.0 Å². The highest BCUT2D eigenvalue weighted by Crippen LogP contribution is 2.72. The smallest absolute Gasteiger partial charge is 0.358 e. The zero-order valence-electron chi connectivity index (χ0n) is 51.8. The van der Waals surface area contributed by atoms with E-state index in [0.717, 1.165) is 89.2 Å². The molecule has 2 aliphatic heterocycles. The fourth-order valence-electron chi connectivity index (χ4n) is 15.7. The number of para-hydroxylation sites is 1. The second-order valence-corrected chi connectivity index (χ2v) is 27.7. The van der Waals surface area contributed by atoms with Crippen molar-refractivity contribution >= 4 is 68.3 Å². The maximum absolute atomic E-state index is 14.3. The van der Waals surface area contributed by atoms with Gasteiger partial charge in [0.05, 0.1) is 35.7 Å². The molecule has 4 bridgehead atoms. The number of amides is 1. The number of benzene rings is 3. The predicted octanol–water partition coefficient (Wildman–Crippen LogP) is 9.84. The first-order valence-corrected chi connectivity index (χ1v) is 31.1. The third-order valence-electron chi connectivity index (χ3n) is 17.8. The molecule has 0 radical (unpaired) electrons. The zero-order chi connectivity index (χ0) is 62.5. The summed E-state index contributed by atoms with van der Waals surface area (Å²) >= 11 is 1.44. The van der Waals surface area contributed by atoms with Crippen LogP contribution in [0.15, 0.2) is 85.1 Å². The Balaban J connectivity index is 0.751. The predicted molar refractivity (Wildman–Crippen MR) is 328 cm³/mol. The van der Waals surface area contributed by atoms with Crippen molar-refractivity contribution in [1.82, 2.24) is 25.1 Å². The number of carbonyl (C=O) groups is 6. The van der Waals surface area contributed by atoms with E-state index in [1.807, 2.05) is 99.8 Å². The molecule has 3 unspecified atom stereocenters. The van der Waals surface area contributed by atoms with Crippen molar-refractivity contribution in [3.05, 3.63) is 124 Å². The maximum atomic E-state index is 14.3. The van der Waals surface area contributed by atoms with Crippen molar-refractivity contribution in [3.63, 3.8) is 0 Å². The number of hydrogen-bond donors (Lipinski definition) is 2. The van der Waals surface area contributed by atoms with Crippen molar-refractivity contribution in [2.75, 3.05) is 37.0 Å². The van der Waals surface area contributed by atoms with Gasteiger partial charge in [0.1, 0.15) is 17.5 Å². The van der Waals surface area contributed by atoms with Gasteiger partial charge in [-0.3, -0.25) is 29.2 Å². The summed E-state index contributed by atoms with van der Waals surface area (Å²) in [4.78, 5) is 89.9. The Hall–Kier alpha value is -7.59. The van der Waals surface area contributed by atoms with Crippen LogP contribution in [0, 0.1) is 23.2 Å². The van der Waals surface area contributed by atoms with Crippen LogP contribution < -0.4 is 15.5 Å². The first-order chi connectivity index (χ1) is 41.8. The monoisotopic (exact) mass is 1220 g/mol. The quantitative estimate of drug-likeness (QED) is 0.0436. The zero-order valence-corrected chi connectivity index (χ0v) is 52.6. The minimum atomic E-state index is -1.45. The first-order valence-electron chi connectivity index (χ1n) is 30.3. The third kappa shape index (κ3) is 13.4. The van der Waals surface area contributed by atoms with Gasteiger partial charge in [-0.2, -0.15) is 5.10 Å². The summed E-state index contributed by atoms with van der Waals surface area (Å²) < 4.78 is 44.0. The van der Waals surface area contributed by atoms with Crippen molar-refractivity contribution in [2.45, 2.75) is 175 Å². The van der Waals surface area contributed by atoms with Crippen LogP contribution in [0.4, 0.5) is 10.9 Å². The summed E-state index contributed by atoms with van der Waals surface area (Å²) in [5.41, 5.74) is 6.88. The Bertz CT molecular complexity index is 3620. The molecule has 2 N–H and O–H groups in total. The summed E-state index contributed by atoms with van der Waals surface area (Å²) in [5.74, 6) is -3.14. The molecule has 20 nitrogen and oxygen atoms in total. The van der Waals surface area contributed by atoms with Crippen LogP contribution in [0.5, 0.6) is 0 Å². The van der Waals surface area contributed by atoms with E-state index in [4.69, 9.17) is 43.2 Å². The van der Waals surface area contributed by atoms with Gasteiger partial charge in [-0.15, -0.1) is 0 Å². The standard InChI is InChI=1S/C67H79N7O13S/c1-39-48(46-22-23-53(71-54(46)60(79)87-63(5,6)7)73-26-24-45-14-13-15-47(49(45)31-73)59(78)72-62-70-50-16-11-12-17-52(50)88-62)30-69-74(39)38-66-33-64(8)32-65(9,34-66)36-67(35-64,37-66)82-27-25-68-29-44-20-18-43(19-21-44)28-51-55(83-40(2)75)56(84-41(3)76)57(85-42(4)77)58(86-51)61(80)81-10/h11-23,30,51,55-58,68H,24-29,31-38H2,1-10H3,(H,70,72,78)/t51?,55-,56+,57-,58-,64?,65?,66?,67?/m1/s1. The van der Waals surface area contributed by atoms with Crippen molar-refractivity contribution in [1.29, 1.82) is 0 Å². The van der Waals surface area contributed by atoms with Crippen molar-refractivity contribution in [2.24, 2.45) is 16.2 Å². The highest BCUT2D eigenvalue weighted by molar-refractivity contribution is 7.22. The molecule has 466 valence electrons. The number of carbonyl (C=O) groups excluding carboxylic acids is 6. The summed E-state index contributed by atoms with van der Waals surface area (Å²) in [6.45, 7) is 19.5. The summed E-state index contributed by atoms with van der Waals surface area (Å²) in [5, 5.41) is 12.2. The molecule has 0 spiro atoms. The number of anilines is 2. The molecule has 4 aliphatic carbocycles. The number of aromatic nitrogens is 4. The van der Waals surface area contributed by atoms with Crippen LogP contribution in [0.2, 0.25) is 0 Å². The molecule has 1 saturated heterocycles. The summed E-state index contributed by atoms with van der Waals surface area (Å²) in [6, 6.07) is 25.4. The van der Waals surface area contributed by atoms with Gasteiger partial charge < -0.3 is 43.4 Å². The molecule has 5 heterocycles. The molecule has 1 amide bonds. The fourth-order valence-corrected chi connectivity index (χ4v) is 16.6. The summed E-state index contributed by atoms with van der Waals surface area (Å²) in [7, 11) is 1.17. The number of nitrogens with zero attached hydrogens (tertiary/aromatic N) is 5. The third-order valence-corrected chi connectivity index (χ3v) is 18.8. The Morgan fingerprint density at radius 1 is 0.773 bits per heavy atom. The van der Waals surface area contributed by atoms with Gasteiger partial charge in [0, 0.05) is 82.3 Å². The van der Waals surface area contributed by atoms with Gasteiger partial charge in [-0.1, -0.05) is 73.7 Å². The molecule has 12 rings (SSSR count). The number of fused-ring (bicyclic) bond motifs is 2. The number of rotatable bonds is 19. The molecule has 6 aliphatic rings. The molecule has 21 heteroatoms. The van der Waals surface area contributed by atoms with Gasteiger partial charge in [0.2, 0.25) is 0 Å². The van der Waals surface area contributed by atoms with Gasteiger partial charge in [0.25, 0.3) is 5.91 Å². The van der Waals surface area contributed by atoms with Crippen molar-refractivity contribution in [3.8, 4) is 11.1 Å². The van der Waals surface area contributed by atoms with Crippen LogP contribution >= 0.6 is 11.3 Å². The molecule has 3 aromatic carbocycles. The van der Waals surface area contributed by atoms with Gasteiger partial charge >= 0.3 is 29.8 Å². The molecule has 7 atom stereocenters. The molecular formula is C67H79N7O13S. The number of hydrogen-bond acceptors (Lipinski definition) is 19. The van der Waals surface area contributed by atoms with Crippen LogP contribution in [0.3, 0.4) is 0 Å².